The fraction of sp³-hybridized carbons (Fsp3) is 0.240. The van der Waals surface area contributed by atoms with Crippen molar-refractivity contribution in [1.29, 1.82) is 0 Å². The second-order valence-corrected chi connectivity index (χ2v) is 9.79. The third-order valence-electron chi connectivity index (χ3n) is 5.61. The predicted octanol–water partition coefficient (Wildman–Crippen LogP) is 3.84. The highest BCUT2D eigenvalue weighted by Crippen LogP contribution is 2.37. The number of hydrogen-bond acceptors (Lipinski definition) is 5. The molecule has 2 atom stereocenters. The molecule has 1 heterocycles. The van der Waals surface area contributed by atoms with Gasteiger partial charge < -0.3 is 14.8 Å². The molecule has 0 aromatic heterocycles. The topological polar surface area (TPSA) is 84.9 Å². The van der Waals surface area contributed by atoms with Crippen LogP contribution in [-0.4, -0.2) is 34.1 Å². The maximum absolute atomic E-state index is 13.5. The van der Waals surface area contributed by atoms with Gasteiger partial charge in [-0.25, -0.2) is 8.42 Å². The first-order valence-electron chi connectivity index (χ1n) is 10.6. The molecular weight excluding hydrogens is 440 g/mol. The summed E-state index contributed by atoms with van der Waals surface area (Å²) in [5, 5.41) is 2.93. The molecule has 172 valence electrons. The van der Waals surface area contributed by atoms with E-state index in [1.54, 1.807) is 55.6 Å². The summed E-state index contributed by atoms with van der Waals surface area (Å²) in [6.07, 6.45) is -0.999. The third-order valence-corrected chi connectivity index (χ3v) is 7.40. The third kappa shape index (κ3) is 4.66. The number of methoxy groups -OCH3 is 1. The first kappa shape index (κ1) is 22.7. The van der Waals surface area contributed by atoms with Crippen LogP contribution >= 0.6 is 0 Å². The van der Waals surface area contributed by atoms with Crippen LogP contribution < -0.4 is 19.1 Å². The normalized spacial score (nSPS) is 16.3. The lowest BCUT2D eigenvalue weighted by atomic mass is 10.1. The number of amides is 1. The van der Waals surface area contributed by atoms with E-state index in [0.29, 0.717) is 11.4 Å². The lowest BCUT2D eigenvalue weighted by molar-refractivity contribution is -0.128. The second kappa shape index (κ2) is 9.15. The van der Waals surface area contributed by atoms with Gasteiger partial charge in [-0.3, -0.25) is 9.10 Å². The van der Waals surface area contributed by atoms with Crippen molar-refractivity contribution in [3.63, 3.8) is 0 Å². The van der Waals surface area contributed by atoms with E-state index in [1.807, 2.05) is 38.1 Å². The zero-order valence-corrected chi connectivity index (χ0v) is 19.5. The first-order chi connectivity index (χ1) is 15.8. The van der Waals surface area contributed by atoms with Crippen LogP contribution in [0.1, 0.15) is 24.1 Å². The number of aryl methyl sites for hydroxylation is 1. The number of ether oxygens (including phenoxy) is 2. The number of anilines is 1. The number of carbonyl (C=O) groups is 1. The Hall–Kier alpha value is -3.52. The lowest BCUT2D eigenvalue weighted by Gasteiger charge is -2.35. The molecule has 3 aromatic rings. The molecule has 0 aliphatic carbocycles. The summed E-state index contributed by atoms with van der Waals surface area (Å²) < 4.78 is 39.3. The van der Waals surface area contributed by atoms with Gasteiger partial charge in [-0.05, 0) is 55.8 Å². The summed E-state index contributed by atoms with van der Waals surface area (Å²) in [7, 11) is -2.30. The molecule has 0 saturated carbocycles. The van der Waals surface area contributed by atoms with E-state index in [-0.39, 0.29) is 17.5 Å². The maximum atomic E-state index is 13.5. The predicted molar refractivity (Wildman–Crippen MR) is 126 cm³/mol. The molecular formula is C25H26N2O5S. The Balaban J connectivity index is 1.59. The van der Waals surface area contributed by atoms with Crippen LogP contribution in [0.2, 0.25) is 0 Å². The van der Waals surface area contributed by atoms with E-state index in [4.69, 9.17) is 9.47 Å². The lowest BCUT2D eigenvalue weighted by Crippen LogP contribution is -2.51. The molecule has 0 fully saturated rings. The molecule has 8 heteroatoms. The minimum Gasteiger partial charge on any atom is -0.497 e. The van der Waals surface area contributed by atoms with Crippen molar-refractivity contribution in [2.75, 3.05) is 18.0 Å². The second-order valence-electron chi connectivity index (χ2n) is 7.93. The Morgan fingerprint density at radius 2 is 1.73 bits per heavy atom. The summed E-state index contributed by atoms with van der Waals surface area (Å²) in [6.45, 7) is 3.62. The van der Waals surface area contributed by atoms with E-state index in [1.165, 1.54) is 4.31 Å². The van der Waals surface area contributed by atoms with E-state index in [2.05, 4.69) is 5.32 Å². The largest absolute Gasteiger partial charge is 0.497 e. The smallest absolute Gasteiger partial charge is 0.264 e. The molecule has 33 heavy (non-hydrogen) atoms. The average molecular weight is 467 g/mol. The standard InChI is InChI=1S/C25H26N2O5S/c1-17-8-14-21(15-9-17)33(29,30)27-16-24(32-23-7-5-4-6-22(23)27)25(28)26-18(2)19-10-12-20(31-3)13-11-19/h4-15,18,24H,16H2,1-3H3,(H,26,28)/t18-,24+/m0/s1. The van der Waals surface area contributed by atoms with E-state index < -0.39 is 22.0 Å². The van der Waals surface area contributed by atoms with Crippen molar-refractivity contribution >= 4 is 21.6 Å². The molecule has 1 aliphatic rings. The van der Waals surface area contributed by atoms with Gasteiger partial charge in [0, 0.05) is 0 Å². The highest BCUT2D eigenvalue weighted by molar-refractivity contribution is 7.92. The number of carbonyl (C=O) groups excluding carboxylic acids is 1. The molecule has 3 aromatic carbocycles. The van der Waals surface area contributed by atoms with Crippen molar-refractivity contribution in [3.05, 3.63) is 83.9 Å². The van der Waals surface area contributed by atoms with Gasteiger partial charge in [0.25, 0.3) is 15.9 Å². The van der Waals surface area contributed by atoms with Gasteiger partial charge in [-0.15, -0.1) is 0 Å². The number of benzene rings is 3. The molecule has 0 saturated heterocycles. The van der Waals surface area contributed by atoms with Crippen LogP contribution in [0, 0.1) is 6.92 Å². The van der Waals surface area contributed by atoms with Gasteiger partial charge in [0.05, 0.1) is 30.3 Å². The summed E-state index contributed by atoms with van der Waals surface area (Å²) in [4.78, 5) is 13.2. The van der Waals surface area contributed by atoms with Gasteiger partial charge in [0.1, 0.15) is 11.5 Å². The maximum Gasteiger partial charge on any atom is 0.264 e. The first-order valence-corrected chi connectivity index (χ1v) is 12.0. The zero-order valence-electron chi connectivity index (χ0n) is 18.7. The van der Waals surface area contributed by atoms with E-state index in [0.717, 1.165) is 16.9 Å². The Morgan fingerprint density at radius 1 is 1.06 bits per heavy atom. The van der Waals surface area contributed by atoms with Crippen LogP contribution in [0.5, 0.6) is 11.5 Å². The molecule has 0 spiro atoms. The van der Waals surface area contributed by atoms with Crippen LogP contribution in [0.4, 0.5) is 5.69 Å². The van der Waals surface area contributed by atoms with Gasteiger partial charge in [-0.1, -0.05) is 42.0 Å². The number of rotatable bonds is 6. The Bertz CT molecular complexity index is 1240. The summed E-state index contributed by atoms with van der Waals surface area (Å²) in [6, 6.07) is 20.6. The minimum atomic E-state index is -3.89. The number of fused-ring (bicyclic) bond motifs is 1. The Kier molecular flexibility index (Phi) is 6.29. The monoisotopic (exact) mass is 466 g/mol. The number of sulfonamides is 1. The summed E-state index contributed by atoms with van der Waals surface area (Å²) >= 11 is 0. The van der Waals surface area contributed by atoms with Crippen LogP contribution in [-0.2, 0) is 14.8 Å². The van der Waals surface area contributed by atoms with Crippen molar-refractivity contribution in [2.24, 2.45) is 0 Å². The van der Waals surface area contributed by atoms with Crippen LogP contribution in [0.3, 0.4) is 0 Å². The quantitative estimate of drug-likeness (QED) is 0.597. The zero-order chi connectivity index (χ0) is 23.6. The summed E-state index contributed by atoms with van der Waals surface area (Å²) in [5.74, 6) is 0.676. The van der Waals surface area contributed by atoms with Gasteiger partial charge in [0.15, 0.2) is 6.10 Å². The number of hydrogen-bond donors (Lipinski definition) is 1. The number of nitrogens with one attached hydrogen (secondary N) is 1. The van der Waals surface area contributed by atoms with Crippen molar-refractivity contribution in [1.82, 2.24) is 5.32 Å². The Morgan fingerprint density at radius 3 is 2.39 bits per heavy atom. The fourth-order valence-corrected chi connectivity index (χ4v) is 5.16. The minimum absolute atomic E-state index is 0.131. The molecule has 1 amide bonds. The SMILES string of the molecule is COc1ccc([C@H](C)NC(=O)[C@H]2CN(S(=O)(=O)c3ccc(C)cc3)c3ccccc3O2)cc1. The highest BCUT2D eigenvalue weighted by atomic mass is 32.2. The molecule has 0 unspecified atom stereocenters. The Labute approximate surface area is 194 Å². The molecule has 0 radical (unpaired) electrons. The van der Waals surface area contributed by atoms with Crippen LogP contribution in [0.25, 0.3) is 0 Å². The van der Waals surface area contributed by atoms with E-state index in [9.17, 15) is 13.2 Å². The van der Waals surface area contributed by atoms with E-state index >= 15 is 0 Å². The van der Waals surface area contributed by atoms with Gasteiger partial charge in [0.2, 0.25) is 0 Å². The number of para-hydroxylation sites is 2. The molecule has 4 rings (SSSR count). The van der Waals surface area contributed by atoms with Crippen molar-refractivity contribution in [2.45, 2.75) is 30.9 Å². The summed E-state index contributed by atoms with van der Waals surface area (Å²) in [5.41, 5.74) is 2.26. The van der Waals surface area contributed by atoms with Crippen molar-refractivity contribution < 1.29 is 22.7 Å². The fourth-order valence-electron chi connectivity index (χ4n) is 3.69. The molecule has 0 bridgehead atoms. The molecule has 1 aliphatic heterocycles. The van der Waals surface area contributed by atoms with Gasteiger partial charge >= 0.3 is 0 Å². The van der Waals surface area contributed by atoms with Gasteiger partial charge in [-0.2, -0.15) is 0 Å². The van der Waals surface area contributed by atoms with Crippen molar-refractivity contribution in [3.8, 4) is 11.5 Å². The number of nitrogens with zero attached hydrogens (tertiary/aromatic N) is 1. The molecule has 7 nitrogen and oxygen atoms in total. The average Bonchev–Trinajstić information content (AvgIpc) is 2.83. The highest BCUT2D eigenvalue weighted by Gasteiger charge is 2.37. The molecule has 1 N–H and O–H groups in total. The van der Waals surface area contributed by atoms with Crippen LogP contribution in [0.15, 0.2) is 77.7 Å².